The van der Waals surface area contributed by atoms with Crippen LogP contribution < -0.4 is 15.6 Å². The first-order chi connectivity index (χ1) is 16.2. The Morgan fingerprint density at radius 3 is 2.06 bits per heavy atom. The van der Waals surface area contributed by atoms with Crippen molar-refractivity contribution >= 4 is 32.8 Å². The highest BCUT2D eigenvalue weighted by molar-refractivity contribution is 7.89. The highest BCUT2D eigenvalue weighted by Crippen LogP contribution is 2.25. The fourth-order valence-electron chi connectivity index (χ4n) is 4.47. The summed E-state index contributed by atoms with van der Waals surface area (Å²) in [6.45, 7) is 7.48. The van der Waals surface area contributed by atoms with Crippen LogP contribution in [0, 0.1) is 6.92 Å². The Morgan fingerprint density at radius 2 is 1.44 bits per heavy atom. The van der Waals surface area contributed by atoms with Crippen molar-refractivity contribution in [2.24, 2.45) is 7.05 Å². The minimum atomic E-state index is -3.70. The zero-order valence-electron chi connectivity index (χ0n) is 19.6. The molecule has 0 aliphatic carbocycles. The normalized spacial score (nSPS) is 18.7. The SMILES string of the molecule is Cc1nc(N2CCN(C)CC2)cc(N2CCN(S(=O)(=O)c3ccc4oc(=O)n(C)c4c3)CC2)n1. The lowest BCUT2D eigenvalue weighted by atomic mass is 10.3. The summed E-state index contributed by atoms with van der Waals surface area (Å²) in [5, 5.41) is 0. The van der Waals surface area contributed by atoms with E-state index in [4.69, 9.17) is 4.42 Å². The fraction of sp³-hybridized carbons (Fsp3) is 0.500. The van der Waals surface area contributed by atoms with Gasteiger partial charge in [0.1, 0.15) is 17.5 Å². The maximum atomic E-state index is 13.3. The third-order valence-corrected chi connectivity index (χ3v) is 8.50. The Hall–Kier alpha value is -2.96. The van der Waals surface area contributed by atoms with Crippen molar-refractivity contribution in [3.8, 4) is 0 Å². The average Bonchev–Trinajstić information content (AvgIpc) is 3.12. The van der Waals surface area contributed by atoms with Gasteiger partial charge in [-0.1, -0.05) is 0 Å². The van der Waals surface area contributed by atoms with Crippen LogP contribution in [0.25, 0.3) is 11.1 Å². The molecule has 0 N–H and O–H groups in total. The lowest BCUT2D eigenvalue weighted by Gasteiger charge is -2.36. The first-order valence-electron chi connectivity index (χ1n) is 11.4. The number of aryl methyl sites for hydroxylation is 2. The molecule has 1 aromatic carbocycles. The van der Waals surface area contributed by atoms with E-state index >= 15 is 0 Å². The number of oxazole rings is 1. The summed E-state index contributed by atoms with van der Waals surface area (Å²) in [6, 6.07) is 6.53. The number of hydrogen-bond acceptors (Lipinski definition) is 9. The van der Waals surface area contributed by atoms with Gasteiger partial charge < -0.3 is 19.1 Å². The molecule has 2 aliphatic heterocycles. The van der Waals surface area contributed by atoms with Gasteiger partial charge in [-0.25, -0.2) is 23.2 Å². The van der Waals surface area contributed by atoms with Crippen LogP contribution in [0.1, 0.15) is 5.82 Å². The zero-order valence-corrected chi connectivity index (χ0v) is 20.5. The quantitative estimate of drug-likeness (QED) is 0.520. The number of rotatable bonds is 4. The van der Waals surface area contributed by atoms with Gasteiger partial charge in [0.15, 0.2) is 5.58 Å². The number of benzene rings is 1. The van der Waals surface area contributed by atoms with E-state index in [2.05, 4.69) is 31.7 Å². The second kappa shape index (κ2) is 8.67. The summed E-state index contributed by atoms with van der Waals surface area (Å²) in [4.78, 5) is 27.9. The zero-order chi connectivity index (χ0) is 24.0. The van der Waals surface area contributed by atoms with Crippen LogP contribution in [0.3, 0.4) is 0 Å². The second-order valence-electron chi connectivity index (χ2n) is 8.87. The van der Waals surface area contributed by atoms with Gasteiger partial charge in [-0.2, -0.15) is 4.31 Å². The average molecular weight is 488 g/mol. The molecule has 5 rings (SSSR count). The molecule has 34 heavy (non-hydrogen) atoms. The lowest BCUT2D eigenvalue weighted by Crippen LogP contribution is -2.49. The van der Waals surface area contributed by atoms with E-state index in [-0.39, 0.29) is 4.90 Å². The minimum Gasteiger partial charge on any atom is -0.408 e. The maximum absolute atomic E-state index is 13.3. The Bertz CT molecular complexity index is 1370. The van der Waals surface area contributed by atoms with E-state index in [1.54, 1.807) is 7.05 Å². The van der Waals surface area contributed by atoms with Crippen molar-refractivity contribution < 1.29 is 12.8 Å². The van der Waals surface area contributed by atoms with Crippen LogP contribution in [0.4, 0.5) is 11.6 Å². The van der Waals surface area contributed by atoms with E-state index < -0.39 is 15.8 Å². The molecule has 2 aromatic heterocycles. The van der Waals surface area contributed by atoms with Gasteiger partial charge in [-0.15, -0.1) is 0 Å². The van der Waals surface area contributed by atoms with Crippen LogP contribution in [-0.4, -0.2) is 91.6 Å². The van der Waals surface area contributed by atoms with Gasteiger partial charge in [0, 0.05) is 65.5 Å². The van der Waals surface area contributed by atoms with Crippen molar-refractivity contribution in [2.75, 3.05) is 69.2 Å². The fourth-order valence-corrected chi connectivity index (χ4v) is 5.91. The molecule has 2 fully saturated rings. The number of aromatic nitrogens is 3. The van der Waals surface area contributed by atoms with Crippen LogP contribution >= 0.6 is 0 Å². The van der Waals surface area contributed by atoms with Gasteiger partial charge in [-0.3, -0.25) is 4.57 Å². The Kier molecular flexibility index (Phi) is 5.82. The van der Waals surface area contributed by atoms with Crippen molar-refractivity contribution in [1.29, 1.82) is 0 Å². The summed E-state index contributed by atoms with van der Waals surface area (Å²) in [5.41, 5.74) is 0.823. The second-order valence-corrected chi connectivity index (χ2v) is 10.8. The third kappa shape index (κ3) is 4.17. The smallest absolute Gasteiger partial charge is 0.408 e. The minimum absolute atomic E-state index is 0.153. The van der Waals surface area contributed by atoms with Gasteiger partial charge in [-0.05, 0) is 32.2 Å². The first kappa shape index (κ1) is 22.8. The van der Waals surface area contributed by atoms with Crippen LogP contribution in [0.15, 0.2) is 38.4 Å². The maximum Gasteiger partial charge on any atom is 0.419 e. The van der Waals surface area contributed by atoms with Crippen LogP contribution in [0.5, 0.6) is 0 Å². The summed E-state index contributed by atoms with van der Waals surface area (Å²) in [6.07, 6.45) is 0. The van der Waals surface area contributed by atoms with Crippen molar-refractivity contribution in [1.82, 2.24) is 23.7 Å². The molecule has 0 bridgehead atoms. The number of anilines is 2. The highest BCUT2D eigenvalue weighted by Gasteiger charge is 2.30. The Balaban J connectivity index is 1.32. The molecular formula is C22H29N7O4S. The molecule has 0 amide bonds. The Labute approximate surface area is 198 Å². The van der Waals surface area contributed by atoms with Crippen LogP contribution in [-0.2, 0) is 17.1 Å². The van der Waals surface area contributed by atoms with Crippen molar-refractivity contribution in [3.05, 3.63) is 40.6 Å². The van der Waals surface area contributed by atoms with Gasteiger partial charge in [0.05, 0.1) is 10.4 Å². The van der Waals surface area contributed by atoms with E-state index in [1.807, 2.05) is 13.0 Å². The molecule has 2 aliphatic rings. The molecule has 0 unspecified atom stereocenters. The van der Waals surface area contributed by atoms with Crippen LogP contribution in [0.2, 0.25) is 0 Å². The Morgan fingerprint density at radius 1 is 0.853 bits per heavy atom. The molecule has 0 radical (unpaired) electrons. The molecule has 3 aromatic rings. The van der Waals surface area contributed by atoms with E-state index in [1.165, 1.54) is 27.1 Å². The first-order valence-corrected chi connectivity index (χ1v) is 12.8. The summed E-state index contributed by atoms with van der Waals surface area (Å²) in [7, 11) is -0.0214. The van der Waals surface area contributed by atoms with Gasteiger partial charge in [0.2, 0.25) is 10.0 Å². The van der Waals surface area contributed by atoms with Gasteiger partial charge in [0.25, 0.3) is 0 Å². The molecule has 4 heterocycles. The number of piperazine rings is 2. The van der Waals surface area contributed by atoms with E-state index in [0.29, 0.717) is 43.1 Å². The number of fused-ring (bicyclic) bond motifs is 1. The monoisotopic (exact) mass is 487 g/mol. The van der Waals surface area contributed by atoms with Crippen molar-refractivity contribution in [3.63, 3.8) is 0 Å². The molecule has 0 atom stereocenters. The molecule has 12 heteroatoms. The van der Waals surface area contributed by atoms with E-state index in [0.717, 1.165) is 37.8 Å². The standard InChI is InChI=1S/C22H29N7O4S/c1-16-23-20(27-8-6-25(2)7-9-27)15-21(24-16)28-10-12-29(13-11-28)34(31,32)17-4-5-19-18(14-17)26(3)22(30)33-19/h4-5,14-15H,6-13H2,1-3H3. The van der Waals surface area contributed by atoms with Crippen molar-refractivity contribution in [2.45, 2.75) is 11.8 Å². The highest BCUT2D eigenvalue weighted by atomic mass is 32.2. The largest absolute Gasteiger partial charge is 0.419 e. The lowest BCUT2D eigenvalue weighted by molar-refractivity contribution is 0.312. The predicted molar refractivity (Wildman–Crippen MR) is 129 cm³/mol. The number of hydrogen-bond donors (Lipinski definition) is 0. The summed E-state index contributed by atoms with van der Waals surface area (Å²) in [5.74, 6) is 1.94. The molecule has 0 saturated carbocycles. The van der Waals surface area contributed by atoms with Gasteiger partial charge >= 0.3 is 5.76 Å². The predicted octanol–water partition coefficient (Wildman–Crippen LogP) is 0.493. The number of nitrogens with zero attached hydrogens (tertiary/aromatic N) is 7. The topological polar surface area (TPSA) is 108 Å². The molecule has 2 saturated heterocycles. The van der Waals surface area contributed by atoms with E-state index in [9.17, 15) is 13.2 Å². The summed E-state index contributed by atoms with van der Waals surface area (Å²) >= 11 is 0. The molecule has 0 spiro atoms. The number of sulfonamides is 1. The number of likely N-dealkylation sites (N-methyl/N-ethyl adjacent to an activating group) is 1. The molecular weight excluding hydrogens is 458 g/mol. The molecule has 11 nitrogen and oxygen atoms in total. The summed E-state index contributed by atoms with van der Waals surface area (Å²) < 4.78 is 34.5. The third-order valence-electron chi connectivity index (χ3n) is 6.60. The molecule has 182 valence electrons.